The van der Waals surface area contributed by atoms with Gasteiger partial charge in [-0.2, -0.15) is 0 Å². The highest BCUT2D eigenvalue weighted by molar-refractivity contribution is 5.94. The van der Waals surface area contributed by atoms with Crippen LogP contribution in [0.15, 0.2) is 60.8 Å². The molecule has 0 atom stereocenters. The molecule has 1 heterocycles. The number of ether oxygens (including phenoxy) is 4. The van der Waals surface area contributed by atoms with Crippen LogP contribution in [-0.4, -0.2) is 32.2 Å². The summed E-state index contributed by atoms with van der Waals surface area (Å²) in [5.74, 6) is 2.32. The van der Waals surface area contributed by atoms with Crippen molar-refractivity contribution in [2.45, 2.75) is 6.54 Å². The van der Waals surface area contributed by atoms with Crippen molar-refractivity contribution in [3.8, 4) is 28.9 Å². The molecule has 0 spiro atoms. The van der Waals surface area contributed by atoms with E-state index in [-0.39, 0.29) is 5.91 Å². The van der Waals surface area contributed by atoms with Crippen molar-refractivity contribution in [3.63, 3.8) is 0 Å². The Morgan fingerprint density at radius 3 is 2.31 bits per heavy atom. The van der Waals surface area contributed by atoms with Crippen molar-refractivity contribution in [2.24, 2.45) is 0 Å². The van der Waals surface area contributed by atoms with E-state index >= 15 is 0 Å². The van der Waals surface area contributed by atoms with Gasteiger partial charge in [0.2, 0.25) is 11.6 Å². The second kappa shape index (κ2) is 9.45. The fourth-order valence-corrected chi connectivity index (χ4v) is 2.75. The lowest BCUT2D eigenvalue weighted by Gasteiger charge is -2.14. The molecule has 2 aromatic carbocycles. The van der Waals surface area contributed by atoms with Gasteiger partial charge in [-0.25, -0.2) is 4.98 Å². The summed E-state index contributed by atoms with van der Waals surface area (Å²) in [5.41, 5.74) is 1.29. The minimum absolute atomic E-state index is 0.231. The molecule has 0 radical (unpaired) electrons. The normalized spacial score (nSPS) is 10.2. The Morgan fingerprint density at radius 1 is 0.931 bits per heavy atom. The smallest absolute Gasteiger partial charge is 0.251 e. The maximum Gasteiger partial charge on any atom is 0.251 e. The molecule has 0 aliphatic heterocycles. The van der Waals surface area contributed by atoms with Gasteiger partial charge in [0.15, 0.2) is 11.5 Å². The lowest BCUT2D eigenvalue weighted by atomic mass is 10.1. The van der Waals surface area contributed by atoms with Crippen molar-refractivity contribution >= 4 is 5.91 Å². The van der Waals surface area contributed by atoms with Gasteiger partial charge in [-0.3, -0.25) is 4.79 Å². The highest BCUT2D eigenvalue weighted by Crippen LogP contribution is 2.38. The van der Waals surface area contributed by atoms with E-state index in [4.69, 9.17) is 18.9 Å². The zero-order valence-corrected chi connectivity index (χ0v) is 16.5. The number of rotatable bonds is 8. The minimum Gasteiger partial charge on any atom is -0.493 e. The molecule has 7 nitrogen and oxygen atoms in total. The molecule has 0 aliphatic rings. The van der Waals surface area contributed by atoms with Crippen LogP contribution in [0.2, 0.25) is 0 Å². The number of aromatic nitrogens is 1. The van der Waals surface area contributed by atoms with Gasteiger partial charge in [-0.15, -0.1) is 0 Å². The van der Waals surface area contributed by atoms with Gasteiger partial charge < -0.3 is 24.3 Å². The standard InChI is InChI=1S/C22H22N2O5/c1-26-18-11-15(12-19(27-2)21(18)28-3)14-24-22(25)16-7-6-8-17(13-16)29-20-9-4-5-10-23-20/h4-13H,14H2,1-3H3,(H,24,25). The number of hydrogen-bond donors (Lipinski definition) is 1. The molecular formula is C22H22N2O5. The SMILES string of the molecule is COc1cc(CNC(=O)c2cccc(Oc3ccccn3)c2)cc(OC)c1OC. The molecule has 0 saturated heterocycles. The third-order valence-corrected chi connectivity index (χ3v) is 4.13. The number of methoxy groups -OCH3 is 3. The number of benzene rings is 2. The second-order valence-electron chi connectivity index (χ2n) is 6.01. The van der Waals surface area contributed by atoms with E-state index < -0.39 is 0 Å². The predicted octanol–water partition coefficient (Wildman–Crippen LogP) is 3.83. The van der Waals surface area contributed by atoms with Gasteiger partial charge in [0, 0.05) is 24.4 Å². The number of amides is 1. The lowest BCUT2D eigenvalue weighted by Crippen LogP contribution is -2.22. The van der Waals surface area contributed by atoms with Gasteiger partial charge in [0.25, 0.3) is 5.91 Å². The number of carbonyl (C=O) groups is 1. The Balaban J connectivity index is 1.70. The zero-order chi connectivity index (χ0) is 20.6. The monoisotopic (exact) mass is 394 g/mol. The summed E-state index contributed by atoms with van der Waals surface area (Å²) >= 11 is 0. The molecule has 1 aromatic heterocycles. The molecule has 7 heteroatoms. The summed E-state index contributed by atoms with van der Waals surface area (Å²) < 4.78 is 21.7. The predicted molar refractivity (Wildman–Crippen MR) is 108 cm³/mol. The number of carbonyl (C=O) groups excluding carboxylic acids is 1. The summed E-state index contributed by atoms with van der Waals surface area (Å²) in [4.78, 5) is 16.7. The van der Waals surface area contributed by atoms with Crippen LogP contribution in [0.25, 0.3) is 0 Å². The summed E-state index contributed by atoms with van der Waals surface area (Å²) in [6.45, 7) is 0.293. The van der Waals surface area contributed by atoms with Crippen LogP contribution in [0.1, 0.15) is 15.9 Å². The highest BCUT2D eigenvalue weighted by Gasteiger charge is 2.14. The second-order valence-corrected chi connectivity index (χ2v) is 6.01. The van der Waals surface area contributed by atoms with Crippen LogP contribution < -0.4 is 24.3 Å². The molecule has 0 aliphatic carbocycles. The maximum atomic E-state index is 12.6. The van der Waals surface area contributed by atoms with E-state index in [0.29, 0.717) is 41.0 Å². The zero-order valence-electron chi connectivity index (χ0n) is 16.5. The molecule has 0 unspecified atom stereocenters. The van der Waals surface area contributed by atoms with Crippen LogP contribution in [0.4, 0.5) is 0 Å². The Hall–Kier alpha value is -3.74. The maximum absolute atomic E-state index is 12.6. The molecule has 0 bridgehead atoms. The van der Waals surface area contributed by atoms with Crippen LogP contribution >= 0.6 is 0 Å². The molecule has 3 rings (SSSR count). The first kappa shape index (κ1) is 20.0. The lowest BCUT2D eigenvalue weighted by molar-refractivity contribution is 0.0950. The van der Waals surface area contributed by atoms with Gasteiger partial charge in [0.05, 0.1) is 21.3 Å². The number of nitrogens with one attached hydrogen (secondary N) is 1. The quantitative estimate of drug-likeness (QED) is 0.626. The molecule has 1 N–H and O–H groups in total. The Labute approximate surface area is 169 Å². The van der Waals surface area contributed by atoms with Crippen molar-refractivity contribution in [2.75, 3.05) is 21.3 Å². The number of nitrogens with zero attached hydrogens (tertiary/aromatic N) is 1. The van der Waals surface area contributed by atoms with Gasteiger partial charge in [-0.1, -0.05) is 12.1 Å². The minimum atomic E-state index is -0.231. The van der Waals surface area contributed by atoms with Crippen molar-refractivity contribution in [1.29, 1.82) is 0 Å². The van der Waals surface area contributed by atoms with E-state index in [2.05, 4.69) is 10.3 Å². The fourth-order valence-electron chi connectivity index (χ4n) is 2.75. The summed E-state index contributed by atoms with van der Waals surface area (Å²) in [5, 5.41) is 2.88. The van der Waals surface area contributed by atoms with E-state index in [1.54, 1.807) is 76.1 Å². The van der Waals surface area contributed by atoms with Gasteiger partial charge >= 0.3 is 0 Å². The highest BCUT2D eigenvalue weighted by atomic mass is 16.5. The van der Waals surface area contributed by atoms with Gasteiger partial charge in [0.1, 0.15) is 5.75 Å². The van der Waals surface area contributed by atoms with E-state index in [0.717, 1.165) is 5.56 Å². The first-order chi connectivity index (χ1) is 14.1. The Kier molecular flexibility index (Phi) is 6.52. The third-order valence-electron chi connectivity index (χ3n) is 4.13. The first-order valence-corrected chi connectivity index (χ1v) is 8.90. The van der Waals surface area contributed by atoms with Crippen molar-refractivity contribution in [1.82, 2.24) is 10.3 Å². The summed E-state index contributed by atoms with van der Waals surface area (Å²) in [7, 11) is 4.64. The molecule has 0 saturated carbocycles. The molecular weight excluding hydrogens is 372 g/mol. The molecule has 0 fully saturated rings. The average molecular weight is 394 g/mol. The number of hydrogen-bond acceptors (Lipinski definition) is 6. The Morgan fingerprint density at radius 2 is 1.69 bits per heavy atom. The van der Waals surface area contributed by atoms with Crippen LogP contribution in [0, 0.1) is 0 Å². The fraction of sp³-hybridized carbons (Fsp3) is 0.182. The first-order valence-electron chi connectivity index (χ1n) is 8.90. The van der Waals surface area contributed by atoms with Crippen LogP contribution in [0.3, 0.4) is 0 Å². The van der Waals surface area contributed by atoms with E-state index in [1.807, 2.05) is 6.07 Å². The topological polar surface area (TPSA) is 78.9 Å². The molecule has 3 aromatic rings. The van der Waals surface area contributed by atoms with Crippen LogP contribution in [-0.2, 0) is 6.54 Å². The van der Waals surface area contributed by atoms with Crippen LogP contribution in [0.5, 0.6) is 28.9 Å². The molecule has 150 valence electrons. The van der Waals surface area contributed by atoms with E-state index in [1.165, 1.54) is 0 Å². The van der Waals surface area contributed by atoms with Crippen molar-refractivity contribution in [3.05, 3.63) is 71.9 Å². The van der Waals surface area contributed by atoms with E-state index in [9.17, 15) is 4.79 Å². The van der Waals surface area contributed by atoms with Crippen molar-refractivity contribution < 1.29 is 23.7 Å². The largest absolute Gasteiger partial charge is 0.493 e. The molecule has 29 heavy (non-hydrogen) atoms. The summed E-state index contributed by atoms with van der Waals surface area (Å²) in [6, 6.07) is 15.9. The third kappa shape index (κ3) is 4.95. The Bertz CT molecular complexity index is 951. The van der Waals surface area contributed by atoms with Gasteiger partial charge in [-0.05, 0) is 42.0 Å². The summed E-state index contributed by atoms with van der Waals surface area (Å²) in [6.07, 6.45) is 1.64. The number of pyridine rings is 1. The molecule has 1 amide bonds. The average Bonchev–Trinajstić information content (AvgIpc) is 2.77.